The zero-order valence-corrected chi connectivity index (χ0v) is 7.51. The summed E-state index contributed by atoms with van der Waals surface area (Å²) < 4.78 is 13.9. The van der Waals surface area contributed by atoms with Crippen molar-refractivity contribution in [2.24, 2.45) is 0 Å². The smallest absolute Gasteiger partial charge is 0.432 e. The number of halogens is 1. The lowest BCUT2D eigenvalue weighted by atomic mass is 10.1. The monoisotopic (exact) mass is 210 g/mol. The van der Waals surface area contributed by atoms with Gasteiger partial charge in [0.05, 0.1) is 18.3 Å². The fourth-order valence-electron chi connectivity index (χ4n) is 1.37. The minimum absolute atomic E-state index is 0.118. The van der Waals surface area contributed by atoms with Crippen molar-refractivity contribution in [3.8, 4) is 0 Å². The summed E-state index contributed by atoms with van der Waals surface area (Å²) >= 11 is 0. The van der Waals surface area contributed by atoms with Gasteiger partial charge in [-0.15, -0.1) is 0 Å². The van der Waals surface area contributed by atoms with Gasteiger partial charge in [0.1, 0.15) is 5.82 Å². The average molecular weight is 210 g/mol. The second kappa shape index (κ2) is 3.32. The maximum absolute atomic E-state index is 13.2. The van der Waals surface area contributed by atoms with Crippen molar-refractivity contribution in [2.75, 3.05) is 0 Å². The molecule has 1 aromatic heterocycles. The molecule has 15 heavy (non-hydrogen) atoms. The summed E-state index contributed by atoms with van der Waals surface area (Å²) in [5.41, 5.74) is 0.282. The van der Waals surface area contributed by atoms with E-state index in [0.717, 1.165) is 6.07 Å². The SMILES string of the molecule is O=C(O)n1ncc2cc(CO)c(F)cc21. The van der Waals surface area contributed by atoms with Gasteiger partial charge in [0.25, 0.3) is 0 Å². The van der Waals surface area contributed by atoms with Crippen LogP contribution in [0.5, 0.6) is 0 Å². The first-order valence-electron chi connectivity index (χ1n) is 4.14. The molecule has 0 unspecified atom stereocenters. The number of benzene rings is 1. The number of nitrogens with zero attached hydrogens (tertiary/aromatic N) is 2. The number of carboxylic acid groups (broad SMARTS) is 1. The van der Waals surface area contributed by atoms with Crippen LogP contribution >= 0.6 is 0 Å². The summed E-state index contributed by atoms with van der Waals surface area (Å²) in [6.07, 6.45) is 0.0309. The summed E-state index contributed by atoms with van der Waals surface area (Å²) in [6, 6.07) is 2.42. The van der Waals surface area contributed by atoms with Crippen molar-refractivity contribution in [1.82, 2.24) is 9.78 Å². The van der Waals surface area contributed by atoms with E-state index in [1.165, 1.54) is 12.3 Å². The maximum Gasteiger partial charge on any atom is 0.432 e. The Morgan fingerprint density at radius 3 is 2.87 bits per heavy atom. The number of hydrogen-bond donors (Lipinski definition) is 2. The molecule has 0 aliphatic carbocycles. The minimum Gasteiger partial charge on any atom is -0.463 e. The van der Waals surface area contributed by atoms with E-state index in [-0.39, 0.29) is 11.1 Å². The van der Waals surface area contributed by atoms with Gasteiger partial charge in [0, 0.05) is 17.0 Å². The normalized spacial score (nSPS) is 10.8. The maximum atomic E-state index is 13.2. The Kier molecular flexibility index (Phi) is 2.12. The summed E-state index contributed by atoms with van der Waals surface area (Å²) in [5, 5.41) is 21.6. The van der Waals surface area contributed by atoms with Gasteiger partial charge in [-0.25, -0.2) is 9.18 Å². The first-order valence-corrected chi connectivity index (χ1v) is 4.14. The molecule has 5 nitrogen and oxygen atoms in total. The minimum atomic E-state index is -1.28. The largest absolute Gasteiger partial charge is 0.463 e. The third kappa shape index (κ3) is 1.44. The molecule has 0 saturated heterocycles. The summed E-state index contributed by atoms with van der Waals surface area (Å²) in [6.45, 7) is -0.431. The quantitative estimate of drug-likeness (QED) is 0.741. The van der Waals surface area contributed by atoms with Crippen LogP contribution < -0.4 is 0 Å². The van der Waals surface area contributed by atoms with Gasteiger partial charge in [-0.1, -0.05) is 0 Å². The molecule has 0 radical (unpaired) electrons. The molecular weight excluding hydrogens is 203 g/mol. The highest BCUT2D eigenvalue weighted by atomic mass is 19.1. The van der Waals surface area contributed by atoms with Crippen molar-refractivity contribution in [1.29, 1.82) is 0 Å². The van der Waals surface area contributed by atoms with Gasteiger partial charge in [-0.2, -0.15) is 9.78 Å². The van der Waals surface area contributed by atoms with Crippen molar-refractivity contribution in [3.63, 3.8) is 0 Å². The van der Waals surface area contributed by atoms with Crippen LogP contribution in [-0.4, -0.2) is 26.1 Å². The van der Waals surface area contributed by atoms with Crippen LogP contribution in [-0.2, 0) is 6.61 Å². The van der Waals surface area contributed by atoms with E-state index in [0.29, 0.717) is 10.1 Å². The Bertz CT molecular complexity index is 535. The average Bonchev–Trinajstić information content (AvgIpc) is 2.59. The van der Waals surface area contributed by atoms with Crippen molar-refractivity contribution in [3.05, 3.63) is 29.7 Å². The Morgan fingerprint density at radius 2 is 2.27 bits per heavy atom. The second-order valence-corrected chi connectivity index (χ2v) is 3.00. The molecule has 2 rings (SSSR count). The molecule has 0 aliphatic rings. The molecule has 2 aromatic rings. The molecule has 0 spiro atoms. The zero-order chi connectivity index (χ0) is 11.0. The molecule has 6 heteroatoms. The van der Waals surface area contributed by atoms with Crippen molar-refractivity contribution < 1.29 is 19.4 Å². The van der Waals surface area contributed by atoms with Gasteiger partial charge in [0.2, 0.25) is 0 Å². The lowest BCUT2D eigenvalue weighted by Gasteiger charge is -2.00. The van der Waals surface area contributed by atoms with Gasteiger partial charge >= 0.3 is 6.09 Å². The van der Waals surface area contributed by atoms with Crippen LogP contribution in [0.15, 0.2) is 18.3 Å². The number of aromatic nitrogens is 2. The van der Waals surface area contributed by atoms with Gasteiger partial charge < -0.3 is 10.2 Å². The van der Waals surface area contributed by atoms with E-state index in [2.05, 4.69) is 5.10 Å². The van der Waals surface area contributed by atoms with E-state index in [4.69, 9.17) is 10.2 Å². The number of fused-ring (bicyclic) bond motifs is 1. The van der Waals surface area contributed by atoms with Gasteiger partial charge in [-0.3, -0.25) is 0 Å². The van der Waals surface area contributed by atoms with Crippen LogP contribution in [0.3, 0.4) is 0 Å². The Morgan fingerprint density at radius 1 is 1.53 bits per heavy atom. The third-order valence-corrected chi connectivity index (χ3v) is 2.09. The summed E-state index contributed by atoms with van der Waals surface area (Å²) in [5.74, 6) is -0.645. The lowest BCUT2D eigenvalue weighted by Crippen LogP contribution is -2.09. The number of aliphatic hydroxyl groups excluding tert-OH is 1. The van der Waals surface area contributed by atoms with Gasteiger partial charge in [-0.05, 0) is 6.07 Å². The van der Waals surface area contributed by atoms with E-state index in [1.807, 2.05) is 0 Å². The molecule has 78 valence electrons. The fraction of sp³-hybridized carbons (Fsp3) is 0.111. The highest BCUT2D eigenvalue weighted by molar-refractivity contribution is 5.87. The fourth-order valence-corrected chi connectivity index (χ4v) is 1.37. The molecule has 0 fully saturated rings. The highest BCUT2D eigenvalue weighted by Crippen LogP contribution is 2.19. The highest BCUT2D eigenvalue weighted by Gasteiger charge is 2.11. The first-order chi connectivity index (χ1) is 7.13. The van der Waals surface area contributed by atoms with E-state index < -0.39 is 18.5 Å². The lowest BCUT2D eigenvalue weighted by molar-refractivity contribution is 0.194. The standard InChI is InChI=1S/C9H7FN2O3/c10-7-2-8-5(1-6(7)4-13)3-11-12(8)9(14)15/h1-3,13H,4H2,(H,14,15). The Hall–Kier alpha value is -1.95. The number of carbonyl (C=O) groups is 1. The Labute approximate surface area is 83.4 Å². The van der Waals surface area contributed by atoms with Crippen LogP contribution in [0, 0.1) is 5.82 Å². The van der Waals surface area contributed by atoms with Crippen molar-refractivity contribution in [2.45, 2.75) is 6.61 Å². The van der Waals surface area contributed by atoms with Crippen LogP contribution in [0.1, 0.15) is 5.56 Å². The van der Waals surface area contributed by atoms with Crippen molar-refractivity contribution >= 4 is 17.0 Å². The predicted molar refractivity (Wildman–Crippen MR) is 49.0 cm³/mol. The Balaban J connectivity index is 2.73. The number of rotatable bonds is 1. The van der Waals surface area contributed by atoms with E-state index >= 15 is 0 Å². The second-order valence-electron chi connectivity index (χ2n) is 3.00. The molecule has 2 N–H and O–H groups in total. The summed E-state index contributed by atoms with van der Waals surface area (Å²) in [7, 11) is 0. The van der Waals surface area contributed by atoms with Crippen LogP contribution in [0.2, 0.25) is 0 Å². The van der Waals surface area contributed by atoms with Crippen LogP contribution in [0.4, 0.5) is 9.18 Å². The topological polar surface area (TPSA) is 75.3 Å². The van der Waals surface area contributed by atoms with E-state index in [1.54, 1.807) is 0 Å². The van der Waals surface area contributed by atoms with Crippen LogP contribution in [0.25, 0.3) is 10.9 Å². The molecule has 1 aromatic carbocycles. The third-order valence-electron chi connectivity index (χ3n) is 2.09. The predicted octanol–water partition coefficient (Wildman–Crippen LogP) is 1.19. The molecule has 0 aliphatic heterocycles. The first kappa shape index (κ1) is 9.60. The number of aliphatic hydroxyl groups is 1. The molecule has 1 heterocycles. The van der Waals surface area contributed by atoms with E-state index in [9.17, 15) is 9.18 Å². The zero-order valence-electron chi connectivity index (χ0n) is 7.51. The van der Waals surface area contributed by atoms with Gasteiger partial charge in [0.15, 0.2) is 0 Å². The molecule has 0 amide bonds. The molecule has 0 saturated carbocycles. The molecule has 0 atom stereocenters. The molecular formula is C9H7FN2O3. The summed E-state index contributed by atoms with van der Waals surface area (Å²) in [4.78, 5) is 10.7. The molecule has 0 bridgehead atoms. The number of hydrogen-bond acceptors (Lipinski definition) is 3.